The van der Waals surface area contributed by atoms with Crippen molar-refractivity contribution in [2.45, 2.75) is 90.3 Å². The fraction of sp³-hybridized carbons (Fsp3) is 0.360. The van der Waals surface area contributed by atoms with Gasteiger partial charge in [0.25, 0.3) is 11.5 Å². The summed E-state index contributed by atoms with van der Waals surface area (Å²) in [6.45, 7) is 12.7. The van der Waals surface area contributed by atoms with Crippen LogP contribution in [0.5, 0.6) is 0 Å². The highest BCUT2D eigenvalue weighted by atomic mass is 19.1. The summed E-state index contributed by atoms with van der Waals surface area (Å²) in [7, 11) is 1.97. The number of nitrogens with one attached hydrogen (secondary N) is 1. The highest BCUT2D eigenvalue weighted by molar-refractivity contribution is 6.00. The van der Waals surface area contributed by atoms with Crippen molar-refractivity contribution in [3.63, 3.8) is 0 Å². The molecule has 1 saturated heterocycles. The summed E-state index contributed by atoms with van der Waals surface area (Å²) in [4.78, 5) is 52.2. The third-order valence-electron chi connectivity index (χ3n) is 14.4. The maximum Gasteiger partial charge on any atom is 0.438 e. The predicted molar refractivity (Wildman–Crippen MR) is 243 cm³/mol. The van der Waals surface area contributed by atoms with E-state index in [4.69, 9.17) is 14.4 Å². The average molecular weight is 876 g/mol. The summed E-state index contributed by atoms with van der Waals surface area (Å²) >= 11 is 0. The van der Waals surface area contributed by atoms with Crippen LogP contribution in [0.15, 0.2) is 93.5 Å². The molecule has 15 heteroatoms. The van der Waals surface area contributed by atoms with E-state index in [9.17, 15) is 9.59 Å². The molecule has 332 valence electrons. The maximum atomic E-state index is 15.6. The Morgan fingerprint density at radius 3 is 2.43 bits per heavy atom. The highest BCUT2D eigenvalue weighted by Gasteiger charge is 2.59. The Balaban J connectivity index is 1.06. The number of carbonyl (C=O) groups excluding carboxylic acids is 1. The summed E-state index contributed by atoms with van der Waals surface area (Å²) in [5, 5.41) is 11.2. The molecule has 8 aromatic rings. The second-order valence-electron chi connectivity index (χ2n) is 19.0. The molecule has 2 fully saturated rings. The molecule has 14 nitrogen and oxygen atoms in total. The van der Waals surface area contributed by atoms with Crippen molar-refractivity contribution in [1.82, 2.24) is 43.5 Å². The normalized spacial score (nSPS) is 21.6. The molecule has 1 saturated carbocycles. The van der Waals surface area contributed by atoms with E-state index in [1.54, 1.807) is 36.9 Å². The first-order valence-electron chi connectivity index (χ1n) is 22.3. The Bertz CT molecular complexity index is 3360. The number of rotatable bonds is 7. The van der Waals surface area contributed by atoms with Gasteiger partial charge >= 0.3 is 5.76 Å². The van der Waals surface area contributed by atoms with E-state index < -0.39 is 17.3 Å². The number of fused-ring (bicyclic) bond motifs is 3. The van der Waals surface area contributed by atoms with E-state index in [-0.39, 0.29) is 40.3 Å². The van der Waals surface area contributed by atoms with Crippen molar-refractivity contribution in [3.8, 4) is 22.6 Å². The molecule has 7 heterocycles. The van der Waals surface area contributed by atoms with Crippen LogP contribution < -0.4 is 11.3 Å². The predicted octanol–water partition coefficient (Wildman–Crippen LogP) is 8.18. The van der Waals surface area contributed by atoms with Crippen molar-refractivity contribution in [3.05, 3.63) is 146 Å². The second kappa shape index (κ2) is 14.6. The van der Waals surface area contributed by atoms with Gasteiger partial charge in [-0.05, 0) is 137 Å². The van der Waals surface area contributed by atoms with Gasteiger partial charge in [0.1, 0.15) is 23.4 Å². The molecule has 0 radical (unpaired) electrons. The molecule has 3 aromatic carbocycles. The number of benzene rings is 3. The molecular weight excluding hydrogens is 826 g/mol. The number of amides is 1. The van der Waals surface area contributed by atoms with E-state index in [0.29, 0.717) is 71.3 Å². The van der Waals surface area contributed by atoms with E-state index in [0.717, 1.165) is 40.3 Å². The van der Waals surface area contributed by atoms with Crippen molar-refractivity contribution in [2.24, 2.45) is 13.0 Å². The number of aryl methyl sites for hydroxylation is 3. The van der Waals surface area contributed by atoms with Crippen LogP contribution in [0.4, 0.5) is 4.39 Å². The topological polar surface area (TPSA) is 151 Å². The number of aromatic nitrogens is 8. The maximum absolute atomic E-state index is 15.6. The molecular formula is C50H50FN9O5. The SMILES string of the molecule is Cc1cc(-n2nc3c(c2-c2cncn(-c4ccc5c(ccn5C)c4)c2=O)[C@H](C)N(C(=O)c2cc4cc([C@H]5CCOC(C)(C)C5)ccc4n2[C@@]2(c4noc(=O)[nH]4)C[C@@H]2C)CC3)cc(C)c1F. The Labute approximate surface area is 373 Å². The number of carbonyl (C=O) groups is 1. The van der Waals surface area contributed by atoms with Crippen molar-refractivity contribution < 1.29 is 18.4 Å². The molecule has 0 unspecified atom stereocenters. The van der Waals surface area contributed by atoms with Gasteiger partial charge in [0, 0.05) is 66.4 Å². The van der Waals surface area contributed by atoms with E-state index in [1.165, 1.54) is 16.5 Å². The molecule has 5 aromatic heterocycles. The van der Waals surface area contributed by atoms with Crippen LogP contribution in [0, 0.1) is 25.6 Å². The lowest BCUT2D eigenvalue weighted by atomic mass is 9.83. The Hall–Kier alpha value is -6.87. The minimum atomic E-state index is -0.830. The number of aromatic amines is 1. The largest absolute Gasteiger partial charge is 0.438 e. The van der Waals surface area contributed by atoms with Crippen molar-refractivity contribution >= 4 is 27.7 Å². The zero-order valence-electron chi connectivity index (χ0n) is 37.5. The Morgan fingerprint density at radius 1 is 0.938 bits per heavy atom. The molecule has 3 aliphatic rings. The van der Waals surface area contributed by atoms with Crippen LogP contribution in [0.1, 0.15) is 103 Å². The standard InChI is InChI=1S/C50H50FN9O5/c1-27-18-36(19-28(2)43(27)51)60-44(37-25-52-26-58(45(37)61)35-9-11-39-32(21-35)12-15-56(39)7)42-30(4)57(16-13-38(42)54-60)46(62)41-22-34-20-31(33-14-17-64-49(5,6)24-33)8-10-40(34)59(41)50(23-29(50)3)47-53-48(63)65-55-47/h8-12,15,18-22,25-26,29-30,33H,13-14,16-17,23-24H2,1-7H3,(H,53,55,63)/t29-,30-,33-,50-/m0/s1. The summed E-state index contributed by atoms with van der Waals surface area (Å²) in [5.74, 6) is -0.504. The van der Waals surface area contributed by atoms with E-state index >= 15 is 9.18 Å². The van der Waals surface area contributed by atoms with Gasteiger partial charge in [-0.15, -0.1) is 0 Å². The fourth-order valence-electron chi connectivity index (χ4n) is 10.9. The number of hydrogen-bond donors (Lipinski definition) is 1. The Kier molecular flexibility index (Phi) is 9.16. The van der Waals surface area contributed by atoms with Crippen LogP contribution in [0.2, 0.25) is 0 Å². The second-order valence-corrected chi connectivity index (χ2v) is 19.0. The first-order valence-corrected chi connectivity index (χ1v) is 22.3. The Morgan fingerprint density at radius 2 is 1.71 bits per heavy atom. The zero-order chi connectivity index (χ0) is 45.3. The van der Waals surface area contributed by atoms with E-state index in [2.05, 4.69) is 58.7 Å². The van der Waals surface area contributed by atoms with Gasteiger partial charge in [-0.1, -0.05) is 18.1 Å². The molecule has 1 amide bonds. The first-order chi connectivity index (χ1) is 31.1. The summed E-state index contributed by atoms with van der Waals surface area (Å²) < 4.78 is 33.6. The lowest BCUT2D eigenvalue weighted by Crippen LogP contribution is -2.41. The van der Waals surface area contributed by atoms with E-state index in [1.807, 2.05) is 60.0 Å². The van der Waals surface area contributed by atoms with Crippen LogP contribution in [0.3, 0.4) is 0 Å². The number of H-pyrrole nitrogens is 1. The zero-order valence-corrected chi connectivity index (χ0v) is 37.5. The molecule has 11 rings (SSSR count). The van der Waals surface area contributed by atoms with Crippen molar-refractivity contribution in [2.75, 3.05) is 13.2 Å². The number of halogens is 1. The van der Waals surface area contributed by atoms with Gasteiger partial charge in [0.2, 0.25) is 0 Å². The van der Waals surface area contributed by atoms with Crippen LogP contribution in [-0.2, 0) is 23.7 Å². The van der Waals surface area contributed by atoms with Gasteiger partial charge in [-0.2, -0.15) is 5.10 Å². The minimum absolute atomic E-state index is 0.0227. The number of ether oxygens (including phenoxy) is 1. The summed E-state index contributed by atoms with van der Waals surface area (Å²) in [6, 6.07) is 19.1. The monoisotopic (exact) mass is 875 g/mol. The lowest BCUT2D eigenvalue weighted by Gasteiger charge is -2.35. The number of hydrogen-bond acceptors (Lipinski definition) is 8. The molecule has 4 atom stereocenters. The highest BCUT2D eigenvalue weighted by Crippen LogP contribution is 2.56. The third-order valence-corrected chi connectivity index (χ3v) is 14.4. The van der Waals surface area contributed by atoms with Gasteiger partial charge in [0.15, 0.2) is 5.82 Å². The van der Waals surface area contributed by atoms with Crippen molar-refractivity contribution in [1.29, 1.82) is 0 Å². The summed E-state index contributed by atoms with van der Waals surface area (Å²) in [5.41, 5.74) is 6.44. The fourth-order valence-corrected chi connectivity index (χ4v) is 10.9. The van der Waals surface area contributed by atoms with Gasteiger partial charge in [0.05, 0.1) is 40.0 Å². The number of nitrogens with zero attached hydrogens (tertiary/aromatic N) is 8. The van der Waals surface area contributed by atoms with Crippen LogP contribution >= 0.6 is 0 Å². The molecule has 65 heavy (non-hydrogen) atoms. The quantitative estimate of drug-likeness (QED) is 0.169. The smallest absolute Gasteiger partial charge is 0.376 e. The first kappa shape index (κ1) is 40.9. The van der Waals surface area contributed by atoms with Gasteiger partial charge < -0.3 is 18.8 Å². The van der Waals surface area contributed by atoms with Gasteiger partial charge in [-0.3, -0.25) is 23.7 Å². The average Bonchev–Trinajstić information content (AvgIpc) is 3.77. The lowest BCUT2D eigenvalue weighted by molar-refractivity contribution is -0.0592. The minimum Gasteiger partial charge on any atom is -0.376 e. The summed E-state index contributed by atoms with van der Waals surface area (Å²) in [6.07, 6.45) is 7.83. The molecule has 1 aliphatic carbocycles. The van der Waals surface area contributed by atoms with Crippen LogP contribution in [-0.4, -0.2) is 68.2 Å². The molecule has 2 aliphatic heterocycles. The molecule has 0 spiro atoms. The molecule has 0 bridgehead atoms. The van der Waals surface area contributed by atoms with Crippen LogP contribution in [0.25, 0.3) is 44.4 Å². The molecule has 1 N–H and O–H groups in total. The van der Waals surface area contributed by atoms with Gasteiger partial charge in [-0.25, -0.2) is 18.9 Å². The third kappa shape index (κ3) is 6.37.